The number of aliphatic hydroxyl groups excluding tert-OH is 1. The predicted molar refractivity (Wildman–Crippen MR) is 77.9 cm³/mol. The summed E-state index contributed by atoms with van der Waals surface area (Å²) in [5.41, 5.74) is 0.811. The number of thioether (sulfide) groups is 1. The molecule has 0 aliphatic rings. The van der Waals surface area contributed by atoms with Gasteiger partial charge in [-0.05, 0) is 30.9 Å². The zero-order valence-corrected chi connectivity index (χ0v) is 13.0. The molecule has 0 spiro atoms. The Balaban J connectivity index is 2.19. The van der Waals surface area contributed by atoms with E-state index in [0.29, 0.717) is 5.02 Å². The first-order valence-electron chi connectivity index (χ1n) is 5.13. The lowest BCUT2D eigenvalue weighted by Crippen LogP contribution is -1.90. The molecule has 0 amide bonds. The van der Waals surface area contributed by atoms with E-state index in [4.69, 9.17) is 11.6 Å². The maximum absolute atomic E-state index is 9.48. The second-order valence-corrected chi connectivity index (χ2v) is 7.23. The zero-order valence-electron chi connectivity index (χ0n) is 9.75. The van der Waals surface area contributed by atoms with Gasteiger partial charge in [0.05, 0.1) is 11.1 Å². The smallest absolute Gasteiger partial charge is 0.179 e. The van der Waals surface area contributed by atoms with E-state index in [2.05, 4.69) is 10.2 Å². The van der Waals surface area contributed by atoms with Crippen molar-refractivity contribution in [1.82, 2.24) is 10.2 Å². The van der Waals surface area contributed by atoms with E-state index in [1.54, 1.807) is 36.1 Å². The highest BCUT2D eigenvalue weighted by Gasteiger charge is 2.10. The van der Waals surface area contributed by atoms with E-state index in [1.165, 1.54) is 11.8 Å². The molecule has 0 aliphatic carbocycles. The molecule has 96 valence electrons. The molecule has 1 N–H and O–H groups in total. The second kappa shape index (κ2) is 6.25. The summed E-state index contributed by atoms with van der Waals surface area (Å²) in [5.74, 6) is 0. The molecule has 0 unspecified atom stereocenters. The monoisotopic (exact) mass is 318 g/mol. The number of hydrogen-bond donors (Lipinski definition) is 1. The molecule has 1 atom stereocenters. The third-order valence-corrected chi connectivity index (χ3v) is 5.65. The highest BCUT2D eigenvalue weighted by molar-refractivity contribution is 8.03. The van der Waals surface area contributed by atoms with Crippen LogP contribution in [0.5, 0.6) is 0 Å². The molecule has 7 heteroatoms. The van der Waals surface area contributed by atoms with Crippen molar-refractivity contribution >= 4 is 46.5 Å². The lowest BCUT2D eigenvalue weighted by Gasteiger charge is -2.07. The van der Waals surface area contributed by atoms with Crippen LogP contribution in [0.15, 0.2) is 31.8 Å². The second-order valence-electron chi connectivity index (χ2n) is 3.51. The van der Waals surface area contributed by atoms with Gasteiger partial charge in [0, 0.05) is 4.90 Å². The molecule has 0 bridgehead atoms. The largest absolute Gasteiger partial charge is 0.389 e. The van der Waals surface area contributed by atoms with Crippen LogP contribution in [0.1, 0.15) is 18.6 Å². The fraction of sp³-hybridized carbons (Fsp3) is 0.273. The van der Waals surface area contributed by atoms with Crippen molar-refractivity contribution in [1.29, 1.82) is 0 Å². The van der Waals surface area contributed by atoms with Crippen LogP contribution in [0.2, 0.25) is 5.02 Å². The van der Waals surface area contributed by atoms with Gasteiger partial charge in [-0.25, -0.2) is 0 Å². The summed E-state index contributed by atoms with van der Waals surface area (Å²) in [6.45, 7) is 1.72. The Morgan fingerprint density at radius 1 is 1.33 bits per heavy atom. The van der Waals surface area contributed by atoms with Gasteiger partial charge in [0.2, 0.25) is 0 Å². The Kier molecular flexibility index (Phi) is 4.91. The average molecular weight is 319 g/mol. The fourth-order valence-corrected chi connectivity index (χ4v) is 3.98. The van der Waals surface area contributed by atoms with Crippen LogP contribution in [-0.2, 0) is 0 Å². The topological polar surface area (TPSA) is 46.0 Å². The van der Waals surface area contributed by atoms with Gasteiger partial charge >= 0.3 is 0 Å². The van der Waals surface area contributed by atoms with E-state index in [0.717, 1.165) is 19.1 Å². The number of nitrogens with zero attached hydrogens (tertiary/aromatic N) is 2. The highest BCUT2D eigenvalue weighted by Crippen LogP contribution is 2.37. The Morgan fingerprint density at radius 3 is 2.61 bits per heavy atom. The van der Waals surface area contributed by atoms with Crippen LogP contribution in [0.3, 0.4) is 0 Å². The van der Waals surface area contributed by atoms with Crippen molar-refractivity contribution in [3.63, 3.8) is 0 Å². The maximum atomic E-state index is 9.48. The molecule has 1 aromatic heterocycles. The van der Waals surface area contributed by atoms with Crippen LogP contribution in [0, 0.1) is 0 Å². The Labute approximate surface area is 123 Å². The molecule has 2 aromatic rings. The molecule has 18 heavy (non-hydrogen) atoms. The minimum absolute atomic E-state index is 0.508. The number of benzene rings is 1. The number of rotatable bonds is 4. The van der Waals surface area contributed by atoms with Gasteiger partial charge in [0.1, 0.15) is 0 Å². The molecule has 1 heterocycles. The Bertz CT molecular complexity index is 545. The van der Waals surface area contributed by atoms with Crippen molar-refractivity contribution in [2.75, 3.05) is 6.26 Å². The standard InChI is InChI=1S/C11H11ClN2OS3/c1-6(15)7-3-4-9(8(12)5-7)17-11-14-13-10(16-2)18-11/h3-6,15H,1-2H3/t6-/m1/s1. The SMILES string of the molecule is CSc1nnc(Sc2ccc([C@@H](C)O)cc2Cl)s1. The molecule has 2 rings (SSSR count). The van der Waals surface area contributed by atoms with Gasteiger partial charge in [-0.2, -0.15) is 0 Å². The number of aliphatic hydroxyl groups is 1. The van der Waals surface area contributed by atoms with Gasteiger partial charge in [-0.15, -0.1) is 10.2 Å². The van der Waals surface area contributed by atoms with Crippen LogP contribution >= 0.6 is 46.5 Å². The third kappa shape index (κ3) is 3.39. The normalized spacial score (nSPS) is 12.7. The van der Waals surface area contributed by atoms with Gasteiger partial charge < -0.3 is 5.11 Å². The molecule has 0 saturated heterocycles. The molecule has 0 radical (unpaired) electrons. The highest BCUT2D eigenvalue weighted by atomic mass is 35.5. The van der Waals surface area contributed by atoms with Crippen LogP contribution in [0.25, 0.3) is 0 Å². The molecule has 0 fully saturated rings. The van der Waals surface area contributed by atoms with E-state index in [-0.39, 0.29) is 0 Å². The zero-order chi connectivity index (χ0) is 13.1. The molecule has 0 aliphatic heterocycles. The van der Waals surface area contributed by atoms with E-state index in [9.17, 15) is 5.11 Å². The summed E-state index contributed by atoms with van der Waals surface area (Å²) < 4.78 is 1.81. The molecular weight excluding hydrogens is 308 g/mol. The van der Waals surface area contributed by atoms with E-state index in [1.807, 2.05) is 18.4 Å². The van der Waals surface area contributed by atoms with Crippen molar-refractivity contribution in [3.05, 3.63) is 28.8 Å². The first-order chi connectivity index (χ1) is 8.60. The number of aromatic nitrogens is 2. The van der Waals surface area contributed by atoms with Crippen LogP contribution < -0.4 is 0 Å². The summed E-state index contributed by atoms with van der Waals surface area (Å²) in [6, 6.07) is 5.55. The molecular formula is C11H11ClN2OS3. The lowest BCUT2D eigenvalue weighted by molar-refractivity contribution is 0.199. The first-order valence-corrected chi connectivity index (χ1v) is 8.36. The predicted octanol–water partition coefficient (Wildman–Crippen LogP) is 4.12. The summed E-state index contributed by atoms with van der Waals surface area (Å²) >= 11 is 10.8. The summed E-state index contributed by atoms with van der Waals surface area (Å²) in [6.07, 6.45) is 1.46. The Morgan fingerprint density at radius 2 is 2.06 bits per heavy atom. The first kappa shape index (κ1) is 14.1. The van der Waals surface area contributed by atoms with E-state index < -0.39 is 6.10 Å². The quantitative estimate of drug-likeness (QED) is 0.859. The van der Waals surface area contributed by atoms with Crippen molar-refractivity contribution < 1.29 is 5.11 Å². The van der Waals surface area contributed by atoms with Crippen molar-refractivity contribution in [2.45, 2.75) is 26.6 Å². The van der Waals surface area contributed by atoms with Gasteiger partial charge in [0.15, 0.2) is 8.68 Å². The molecule has 1 aromatic carbocycles. The van der Waals surface area contributed by atoms with Gasteiger partial charge in [0.25, 0.3) is 0 Å². The van der Waals surface area contributed by atoms with Crippen LogP contribution in [-0.4, -0.2) is 21.6 Å². The van der Waals surface area contributed by atoms with Crippen LogP contribution in [0.4, 0.5) is 0 Å². The Hall–Kier alpha value is -0.270. The third-order valence-electron chi connectivity index (χ3n) is 2.20. The van der Waals surface area contributed by atoms with Crippen molar-refractivity contribution in [2.24, 2.45) is 0 Å². The summed E-state index contributed by atoms with van der Waals surface area (Å²) in [4.78, 5) is 0.921. The van der Waals surface area contributed by atoms with Gasteiger partial charge in [-0.3, -0.25) is 0 Å². The van der Waals surface area contributed by atoms with Crippen molar-refractivity contribution in [3.8, 4) is 0 Å². The molecule has 3 nitrogen and oxygen atoms in total. The lowest BCUT2D eigenvalue weighted by atomic mass is 10.1. The maximum Gasteiger partial charge on any atom is 0.179 e. The summed E-state index contributed by atoms with van der Waals surface area (Å²) in [5, 5.41) is 18.2. The average Bonchev–Trinajstić information content (AvgIpc) is 2.79. The fourth-order valence-electron chi connectivity index (χ4n) is 1.27. The number of hydrogen-bond acceptors (Lipinski definition) is 6. The van der Waals surface area contributed by atoms with Gasteiger partial charge in [-0.1, -0.05) is 52.5 Å². The summed E-state index contributed by atoms with van der Waals surface area (Å²) in [7, 11) is 0. The van der Waals surface area contributed by atoms with E-state index >= 15 is 0 Å². The molecule has 0 saturated carbocycles. The minimum atomic E-state index is -0.508. The number of halogens is 1. The minimum Gasteiger partial charge on any atom is -0.389 e.